The number of amides is 2. The van der Waals surface area contributed by atoms with Crippen LogP contribution in [0.2, 0.25) is 0 Å². The van der Waals surface area contributed by atoms with Crippen molar-refractivity contribution >= 4 is 23.6 Å². The number of aromatic nitrogens is 3. The Bertz CT molecular complexity index is 832. The van der Waals surface area contributed by atoms with Gasteiger partial charge in [-0.05, 0) is 18.4 Å². The summed E-state index contributed by atoms with van der Waals surface area (Å²) >= 11 is 1.21. The fraction of sp³-hybridized carbons (Fsp3) is 0.412. The molecular weight excluding hydrogens is 354 g/mol. The lowest BCUT2D eigenvalue weighted by Crippen LogP contribution is -2.44. The zero-order valence-corrected chi connectivity index (χ0v) is 15.1. The van der Waals surface area contributed by atoms with Gasteiger partial charge in [0.05, 0.1) is 18.2 Å². The van der Waals surface area contributed by atoms with Gasteiger partial charge in [0.15, 0.2) is 5.16 Å². The Hall–Kier alpha value is -2.55. The summed E-state index contributed by atoms with van der Waals surface area (Å²) in [6.07, 6.45) is 1.49. The first-order valence-corrected chi connectivity index (χ1v) is 9.42. The molecule has 0 unspecified atom stereocenters. The van der Waals surface area contributed by atoms with Crippen LogP contribution in [0.1, 0.15) is 18.4 Å². The number of H-pyrrole nitrogens is 1. The van der Waals surface area contributed by atoms with Crippen molar-refractivity contribution in [3.63, 3.8) is 0 Å². The summed E-state index contributed by atoms with van der Waals surface area (Å²) in [6.45, 7) is 1.38. The molecule has 0 spiro atoms. The van der Waals surface area contributed by atoms with Crippen molar-refractivity contribution in [3.05, 3.63) is 46.4 Å². The molecule has 1 aliphatic heterocycles. The van der Waals surface area contributed by atoms with E-state index in [2.05, 4.69) is 10.2 Å². The van der Waals surface area contributed by atoms with E-state index in [9.17, 15) is 14.4 Å². The van der Waals surface area contributed by atoms with Gasteiger partial charge in [-0.1, -0.05) is 42.1 Å². The maximum atomic E-state index is 12.4. The Balaban J connectivity index is 1.62. The van der Waals surface area contributed by atoms with Crippen LogP contribution in [-0.4, -0.2) is 50.3 Å². The average Bonchev–Trinajstić information content (AvgIpc) is 3.00. The smallest absolute Gasteiger partial charge is 0.344 e. The summed E-state index contributed by atoms with van der Waals surface area (Å²) in [7, 11) is 0. The van der Waals surface area contributed by atoms with Gasteiger partial charge in [0.1, 0.15) is 0 Å². The minimum absolute atomic E-state index is 0.0809. The van der Waals surface area contributed by atoms with Crippen molar-refractivity contribution in [2.75, 3.05) is 18.8 Å². The third-order valence-electron chi connectivity index (χ3n) is 4.41. The van der Waals surface area contributed by atoms with Crippen molar-refractivity contribution in [1.29, 1.82) is 0 Å². The zero-order valence-electron chi connectivity index (χ0n) is 14.3. The molecule has 26 heavy (non-hydrogen) atoms. The number of carbonyl (C=O) groups excluding carboxylic acids is 2. The summed E-state index contributed by atoms with van der Waals surface area (Å²) in [5, 5.41) is 6.92. The molecule has 3 rings (SSSR count). The van der Waals surface area contributed by atoms with Crippen molar-refractivity contribution in [2.24, 2.45) is 11.7 Å². The van der Waals surface area contributed by atoms with E-state index >= 15 is 0 Å². The highest BCUT2D eigenvalue weighted by molar-refractivity contribution is 7.99. The Kier molecular flexibility index (Phi) is 5.77. The van der Waals surface area contributed by atoms with Gasteiger partial charge < -0.3 is 10.6 Å². The van der Waals surface area contributed by atoms with E-state index in [1.54, 1.807) is 4.90 Å². The Labute approximate surface area is 154 Å². The van der Waals surface area contributed by atoms with Crippen LogP contribution in [0, 0.1) is 5.92 Å². The minimum atomic E-state index is -0.362. The van der Waals surface area contributed by atoms with E-state index in [0.717, 1.165) is 18.4 Å². The van der Waals surface area contributed by atoms with Gasteiger partial charge in [-0.15, -0.1) is 5.10 Å². The highest BCUT2D eigenvalue weighted by atomic mass is 32.2. The quantitative estimate of drug-likeness (QED) is 0.711. The molecule has 1 aliphatic rings. The summed E-state index contributed by atoms with van der Waals surface area (Å²) in [6, 6.07) is 9.58. The van der Waals surface area contributed by atoms with E-state index in [1.807, 2.05) is 30.3 Å². The van der Waals surface area contributed by atoms with Crippen molar-refractivity contribution in [3.8, 4) is 0 Å². The van der Waals surface area contributed by atoms with Crippen molar-refractivity contribution in [1.82, 2.24) is 19.7 Å². The number of hydrogen-bond acceptors (Lipinski definition) is 5. The molecule has 3 N–H and O–H groups in total. The number of nitrogens with two attached hydrogens (primary N) is 1. The first kappa shape index (κ1) is 18.2. The SMILES string of the molecule is NC(=O)[C@@H]1CCCN(C(=O)CSc2n[nH]c(=O)n2Cc2ccccc2)C1. The van der Waals surface area contributed by atoms with Gasteiger partial charge in [0.25, 0.3) is 0 Å². The number of aromatic amines is 1. The average molecular weight is 375 g/mol. The molecule has 1 saturated heterocycles. The Morgan fingerprint density at radius 1 is 1.31 bits per heavy atom. The minimum Gasteiger partial charge on any atom is -0.369 e. The van der Waals surface area contributed by atoms with Crippen molar-refractivity contribution in [2.45, 2.75) is 24.5 Å². The van der Waals surface area contributed by atoms with Gasteiger partial charge in [-0.3, -0.25) is 14.2 Å². The number of rotatable bonds is 6. The summed E-state index contributed by atoms with van der Waals surface area (Å²) in [5.74, 6) is -0.564. The molecule has 1 aromatic heterocycles. The van der Waals surface area contributed by atoms with Crippen LogP contribution in [0.25, 0.3) is 0 Å². The van der Waals surface area contributed by atoms with E-state index in [-0.39, 0.29) is 29.2 Å². The van der Waals surface area contributed by atoms with Crippen LogP contribution in [0.4, 0.5) is 0 Å². The maximum absolute atomic E-state index is 12.4. The number of likely N-dealkylation sites (tertiary alicyclic amines) is 1. The molecule has 1 fully saturated rings. The molecule has 0 radical (unpaired) electrons. The fourth-order valence-electron chi connectivity index (χ4n) is 2.97. The largest absolute Gasteiger partial charge is 0.369 e. The number of carbonyl (C=O) groups is 2. The monoisotopic (exact) mass is 375 g/mol. The molecule has 0 aliphatic carbocycles. The molecule has 2 heterocycles. The number of thioether (sulfide) groups is 1. The van der Waals surface area contributed by atoms with Crippen LogP contribution in [-0.2, 0) is 16.1 Å². The van der Waals surface area contributed by atoms with Crippen LogP contribution < -0.4 is 11.4 Å². The second-order valence-electron chi connectivity index (χ2n) is 6.25. The first-order valence-electron chi connectivity index (χ1n) is 8.43. The van der Waals surface area contributed by atoms with E-state index < -0.39 is 0 Å². The Morgan fingerprint density at radius 2 is 2.08 bits per heavy atom. The number of benzene rings is 1. The number of nitrogens with zero attached hydrogens (tertiary/aromatic N) is 3. The van der Waals surface area contributed by atoms with Crippen LogP contribution >= 0.6 is 11.8 Å². The maximum Gasteiger partial charge on any atom is 0.344 e. The van der Waals surface area contributed by atoms with Gasteiger partial charge in [0, 0.05) is 13.1 Å². The topological polar surface area (TPSA) is 114 Å². The lowest BCUT2D eigenvalue weighted by Gasteiger charge is -2.31. The predicted octanol–water partition coefficient (Wildman–Crippen LogP) is 0.436. The molecule has 0 saturated carbocycles. The molecule has 0 bridgehead atoms. The van der Waals surface area contributed by atoms with E-state index in [1.165, 1.54) is 16.3 Å². The van der Waals surface area contributed by atoms with Gasteiger partial charge in [-0.2, -0.15) is 0 Å². The third kappa shape index (κ3) is 4.34. The zero-order chi connectivity index (χ0) is 18.5. The van der Waals surface area contributed by atoms with Crippen LogP contribution in [0.3, 0.4) is 0 Å². The number of primary amides is 1. The second-order valence-corrected chi connectivity index (χ2v) is 7.20. The molecule has 2 aromatic rings. The summed E-state index contributed by atoms with van der Waals surface area (Å²) in [4.78, 5) is 37.5. The molecule has 1 aromatic carbocycles. The normalized spacial score (nSPS) is 17.2. The molecule has 1 atom stereocenters. The van der Waals surface area contributed by atoms with Gasteiger partial charge >= 0.3 is 5.69 Å². The molecule has 138 valence electrons. The number of nitrogens with one attached hydrogen (secondary N) is 1. The van der Waals surface area contributed by atoms with Crippen LogP contribution in [0.5, 0.6) is 0 Å². The summed E-state index contributed by atoms with van der Waals surface area (Å²) < 4.78 is 1.51. The second kappa shape index (κ2) is 8.22. The highest BCUT2D eigenvalue weighted by Crippen LogP contribution is 2.19. The Morgan fingerprint density at radius 3 is 2.81 bits per heavy atom. The van der Waals surface area contributed by atoms with Gasteiger partial charge in [0.2, 0.25) is 11.8 Å². The number of piperidine rings is 1. The fourth-order valence-corrected chi connectivity index (χ4v) is 3.82. The summed E-state index contributed by atoms with van der Waals surface area (Å²) in [5.41, 5.74) is 6.02. The van der Waals surface area contributed by atoms with Gasteiger partial charge in [-0.25, -0.2) is 9.89 Å². The predicted molar refractivity (Wildman–Crippen MR) is 97.6 cm³/mol. The molecule has 2 amide bonds. The lowest BCUT2D eigenvalue weighted by molar-refractivity contribution is -0.132. The first-order chi connectivity index (χ1) is 12.5. The van der Waals surface area contributed by atoms with Crippen molar-refractivity contribution < 1.29 is 9.59 Å². The van der Waals surface area contributed by atoms with Crippen LogP contribution in [0.15, 0.2) is 40.3 Å². The highest BCUT2D eigenvalue weighted by Gasteiger charge is 2.27. The number of hydrogen-bond donors (Lipinski definition) is 2. The van der Waals surface area contributed by atoms with E-state index in [0.29, 0.717) is 24.8 Å². The lowest BCUT2D eigenvalue weighted by atomic mass is 9.97. The molecule has 9 heteroatoms. The molecular formula is C17H21N5O3S. The molecule has 8 nitrogen and oxygen atoms in total. The third-order valence-corrected chi connectivity index (χ3v) is 5.37. The van der Waals surface area contributed by atoms with E-state index in [4.69, 9.17) is 5.73 Å². The standard InChI is InChI=1S/C17H21N5O3S/c18-15(24)13-7-4-8-21(10-13)14(23)11-26-17-20-19-16(25)22(17)9-12-5-2-1-3-6-12/h1-3,5-6,13H,4,7-11H2,(H2,18,24)(H,19,25)/t13-/m1/s1.